The minimum atomic E-state index is -0.505. The molecule has 0 aromatic heterocycles. The SMILES string of the molecule is COC(COC(=O)C(C)(C)C)CC(C)C=O. The van der Waals surface area contributed by atoms with Gasteiger partial charge in [0.15, 0.2) is 0 Å². The van der Waals surface area contributed by atoms with Crippen molar-refractivity contribution in [3.63, 3.8) is 0 Å². The lowest BCUT2D eigenvalue weighted by Crippen LogP contribution is -2.29. The molecule has 0 aliphatic carbocycles. The van der Waals surface area contributed by atoms with Crippen molar-refractivity contribution in [2.24, 2.45) is 11.3 Å². The highest BCUT2D eigenvalue weighted by molar-refractivity contribution is 5.75. The Morgan fingerprint density at radius 3 is 2.31 bits per heavy atom. The van der Waals surface area contributed by atoms with E-state index in [1.54, 1.807) is 27.9 Å². The molecule has 0 aliphatic rings. The van der Waals surface area contributed by atoms with Crippen molar-refractivity contribution in [1.82, 2.24) is 0 Å². The van der Waals surface area contributed by atoms with E-state index < -0.39 is 5.41 Å². The maximum atomic E-state index is 11.5. The van der Waals surface area contributed by atoms with Gasteiger partial charge in [-0.05, 0) is 27.2 Å². The van der Waals surface area contributed by atoms with E-state index in [9.17, 15) is 9.59 Å². The van der Waals surface area contributed by atoms with Gasteiger partial charge in [-0.3, -0.25) is 4.79 Å². The topological polar surface area (TPSA) is 52.6 Å². The summed E-state index contributed by atoms with van der Waals surface area (Å²) in [5.41, 5.74) is -0.505. The first-order chi connectivity index (χ1) is 7.31. The largest absolute Gasteiger partial charge is 0.463 e. The second-order valence-corrected chi connectivity index (χ2v) is 5.06. The van der Waals surface area contributed by atoms with E-state index in [0.717, 1.165) is 6.29 Å². The molecule has 0 aromatic rings. The fourth-order valence-electron chi connectivity index (χ4n) is 1.09. The fourth-order valence-corrected chi connectivity index (χ4v) is 1.09. The van der Waals surface area contributed by atoms with Crippen LogP contribution in [0.25, 0.3) is 0 Å². The number of hydrogen-bond donors (Lipinski definition) is 0. The minimum Gasteiger partial charge on any atom is -0.463 e. The number of esters is 1. The highest BCUT2D eigenvalue weighted by Crippen LogP contribution is 2.16. The molecule has 4 heteroatoms. The maximum absolute atomic E-state index is 11.5. The smallest absolute Gasteiger partial charge is 0.311 e. The third kappa shape index (κ3) is 5.85. The quantitative estimate of drug-likeness (QED) is 0.516. The van der Waals surface area contributed by atoms with Crippen molar-refractivity contribution in [2.45, 2.75) is 40.2 Å². The van der Waals surface area contributed by atoms with Gasteiger partial charge in [-0.2, -0.15) is 0 Å². The van der Waals surface area contributed by atoms with Crippen LogP contribution in [0.4, 0.5) is 0 Å². The van der Waals surface area contributed by atoms with Gasteiger partial charge in [-0.1, -0.05) is 6.92 Å². The Kier molecular flexibility index (Phi) is 6.26. The summed E-state index contributed by atoms with van der Waals surface area (Å²) in [4.78, 5) is 22.0. The molecule has 16 heavy (non-hydrogen) atoms. The van der Waals surface area contributed by atoms with E-state index in [1.807, 2.05) is 6.92 Å². The molecule has 0 saturated heterocycles. The average Bonchev–Trinajstić information content (AvgIpc) is 2.21. The molecule has 0 aromatic carbocycles. The number of aldehydes is 1. The predicted octanol–water partition coefficient (Wildman–Crippen LogP) is 1.82. The Morgan fingerprint density at radius 2 is 1.94 bits per heavy atom. The van der Waals surface area contributed by atoms with Crippen LogP contribution in [0.1, 0.15) is 34.1 Å². The number of ether oxygens (including phenoxy) is 2. The van der Waals surface area contributed by atoms with Crippen molar-refractivity contribution < 1.29 is 19.1 Å². The molecular weight excluding hydrogens is 208 g/mol. The number of rotatable bonds is 6. The Hall–Kier alpha value is -0.900. The normalized spacial score (nSPS) is 15.3. The highest BCUT2D eigenvalue weighted by Gasteiger charge is 2.24. The Balaban J connectivity index is 4.05. The van der Waals surface area contributed by atoms with E-state index in [2.05, 4.69) is 0 Å². The lowest BCUT2D eigenvalue weighted by molar-refractivity contribution is -0.156. The first-order valence-corrected chi connectivity index (χ1v) is 5.46. The summed E-state index contributed by atoms with van der Waals surface area (Å²) in [5, 5.41) is 0. The van der Waals surface area contributed by atoms with Gasteiger partial charge in [0.1, 0.15) is 12.9 Å². The van der Waals surface area contributed by atoms with Gasteiger partial charge >= 0.3 is 5.97 Å². The van der Waals surface area contributed by atoms with E-state index >= 15 is 0 Å². The van der Waals surface area contributed by atoms with Gasteiger partial charge in [0.2, 0.25) is 0 Å². The van der Waals surface area contributed by atoms with Crippen LogP contribution in [0.2, 0.25) is 0 Å². The van der Waals surface area contributed by atoms with Crippen LogP contribution in [0.5, 0.6) is 0 Å². The molecule has 0 N–H and O–H groups in total. The zero-order valence-electron chi connectivity index (χ0n) is 10.8. The lowest BCUT2D eigenvalue weighted by atomic mass is 9.97. The molecule has 0 spiro atoms. The summed E-state index contributed by atoms with van der Waals surface area (Å²) in [5.74, 6) is -0.341. The van der Waals surface area contributed by atoms with Crippen LogP contribution in [-0.2, 0) is 19.1 Å². The standard InChI is InChI=1S/C12H22O4/c1-9(7-13)6-10(15-5)8-16-11(14)12(2,3)4/h7,9-10H,6,8H2,1-5H3. The molecule has 0 radical (unpaired) electrons. The molecule has 0 rings (SSSR count). The van der Waals surface area contributed by atoms with Crippen molar-refractivity contribution in [1.29, 1.82) is 0 Å². The summed E-state index contributed by atoms with van der Waals surface area (Å²) in [6.45, 7) is 7.40. The molecule has 0 fully saturated rings. The van der Waals surface area contributed by atoms with Crippen LogP contribution in [0.15, 0.2) is 0 Å². The number of hydrogen-bond acceptors (Lipinski definition) is 4. The molecule has 2 atom stereocenters. The third-order valence-electron chi connectivity index (χ3n) is 2.21. The Bertz CT molecular complexity index is 230. The van der Waals surface area contributed by atoms with Crippen LogP contribution >= 0.6 is 0 Å². The van der Waals surface area contributed by atoms with Gasteiger partial charge in [-0.25, -0.2) is 0 Å². The molecule has 0 amide bonds. The van der Waals surface area contributed by atoms with Crippen LogP contribution in [-0.4, -0.2) is 32.1 Å². The van der Waals surface area contributed by atoms with Gasteiger partial charge in [0.25, 0.3) is 0 Å². The maximum Gasteiger partial charge on any atom is 0.311 e. The van der Waals surface area contributed by atoms with Crippen molar-refractivity contribution in [3.05, 3.63) is 0 Å². The fraction of sp³-hybridized carbons (Fsp3) is 0.833. The van der Waals surface area contributed by atoms with E-state index in [4.69, 9.17) is 9.47 Å². The number of carbonyl (C=O) groups is 2. The minimum absolute atomic E-state index is 0.0849. The Labute approximate surface area is 97.3 Å². The van der Waals surface area contributed by atoms with Crippen molar-refractivity contribution in [2.75, 3.05) is 13.7 Å². The summed E-state index contributed by atoms with van der Waals surface area (Å²) < 4.78 is 10.3. The lowest BCUT2D eigenvalue weighted by Gasteiger charge is -2.21. The van der Waals surface area contributed by atoms with Crippen LogP contribution in [0.3, 0.4) is 0 Å². The van der Waals surface area contributed by atoms with E-state index in [0.29, 0.717) is 6.42 Å². The van der Waals surface area contributed by atoms with Crippen molar-refractivity contribution in [3.8, 4) is 0 Å². The second kappa shape index (κ2) is 6.63. The number of carbonyl (C=O) groups excluding carboxylic acids is 2. The van der Waals surface area contributed by atoms with Gasteiger partial charge < -0.3 is 14.3 Å². The molecule has 0 aliphatic heterocycles. The summed E-state index contributed by atoms with van der Waals surface area (Å²) >= 11 is 0. The molecule has 94 valence electrons. The summed E-state index contributed by atoms with van der Waals surface area (Å²) in [6.07, 6.45) is 1.22. The molecule has 4 nitrogen and oxygen atoms in total. The Morgan fingerprint density at radius 1 is 1.38 bits per heavy atom. The predicted molar refractivity (Wildman–Crippen MR) is 61.1 cm³/mol. The molecule has 0 saturated carbocycles. The first-order valence-electron chi connectivity index (χ1n) is 5.46. The zero-order valence-corrected chi connectivity index (χ0v) is 10.8. The average molecular weight is 230 g/mol. The second-order valence-electron chi connectivity index (χ2n) is 5.06. The van der Waals surface area contributed by atoms with Crippen molar-refractivity contribution >= 4 is 12.3 Å². The molecule has 0 heterocycles. The number of methoxy groups -OCH3 is 1. The van der Waals surface area contributed by atoms with Gasteiger partial charge in [0.05, 0.1) is 11.5 Å². The monoisotopic (exact) mass is 230 g/mol. The van der Waals surface area contributed by atoms with Gasteiger partial charge in [-0.15, -0.1) is 0 Å². The molecule has 0 bridgehead atoms. The summed E-state index contributed by atoms with van der Waals surface area (Å²) in [6, 6.07) is 0. The summed E-state index contributed by atoms with van der Waals surface area (Å²) in [7, 11) is 1.55. The van der Waals surface area contributed by atoms with Gasteiger partial charge in [0, 0.05) is 13.0 Å². The zero-order chi connectivity index (χ0) is 12.8. The highest BCUT2D eigenvalue weighted by atomic mass is 16.6. The van der Waals surface area contributed by atoms with Crippen LogP contribution in [0, 0.1) is 11.3 Å². The molecule has 2 unspecified atom stereocenters. The van der Waals surface area contributed by atoms with Crippen LogP contribution < -0.4 is 0 Å². The first kappa shape index (κ1) is 15.1. The van der Waals surface area contributed by atoms with E-state index in [-0.39, 0.29) is 24.6 Å². The third-order valence-corrected chi connectivity index (χ3v) is 2.21. The molecular formula is C12H22O4. The van der Waals surface area contributed by atoms with E-state index in [1.165, 1.54) is 0 Å².